The Morgan fingerprint density at radius 2 is 1.90 bits per heavy atom. The molecule has 2 fully saturated rings. The van der Waals surface area contributed by atoms with Crippen LogP contribution >= 0.6 is 0 Å². The van der Waals surface area contributed by atoms with Crippen LogP contribution in [0.2, 0.25) is 0 Å². The third kappa shape index (κ3) is 4.16. The first-order valence-electron chi connectivity index (χ1n) is 10.3. The molecule has 1 unspecified atom stereocenters. The number of hydrogen-bond donors (Lipinski definition) is 4. The molecule has 2 saturated heterocycles. The maximum Gasteiger partial charge on any atom is 0.254 e. The smallest absolute Gasteiger partial charge is 0.254 e. The Balaban J connectivity index is 1.88. The molecular formula is C21H31N3O5. The van der Waals surface area contributed by atoms with Gasteiger partial charge in [0.05, 0.1) is 13.2 Å². The van der Waals surface area contributed by atoms with E-state index in [1.165, 1.54) is 4.90 Å². The zero-order valence-electron chi connectivity index (χ0n) is 16.6. The van der Waals surface area contributed by atoms with E-state index >= 15 is 0 Å². The van der Waals surface area contributed by atoms with Crippen LogP contribution < -0.4 is 5.73 Å². The molecule has 4 atom stereocenters. The van der Waals surface area contributed by atoms with Crippen molar-refractivity contribution in [2.75, 3.05) is 26.3 Å². The van der Waals surface area contributed by atoms with Crippen molar-refractivity contribution in [2.24, 2.45) is 5.73 Å². The van der Waals surface area contributed by atoms with Gasteiger partial charge in [-0.05, 0) is 44.2 Å². The van der Waals surface area contributed by atoms with E-state index in [4.69, 9.17) is 5.73 Å². The number of nitrogens with zero attached hydrogens (tertiary/aromatic N) is 2. The van der Waals surface area contributed by atoms with Gasteiger partial charge in [-0.25, -0.2) is 0 Å². The normalized spacial score (nSPS) is 27.1. The standard InChI is InChI=1S/C21H31N3O5/c22-20(29)21(14-26)9-5-11-24(21)19(28)18(27)17(12-15-6-2-1-3-7-15)23-10-4-8-16(23)13-25/h1-3,6-7,16-18,25-27H,4-5,8-14H2,(H2,22,29)/t16?,17-,18+,21+/m0/s1. The van der Waals surface area contributed by atoms with Gasteiger partial charge in [-0.2, -0.15) is 0 Å². The van der Waals surface area contributed by atoms with Crippen molar-refractivity contribution in [3.63, 3.8) is 0 Å². The molecule has 0 radical (unpaired) electrons. The van der Waals surface area contributed by atoms with E-state index in [0.29, 0.717) is 19.4 Å². The van der Waals surface area contributed by atoms with E-state index in [0.717, 1.165) is 18.4 Å². The van der Waals surface area contributed by atoms with E-state index in [1.54, 1.807) is 0 Å². The van der Waals surface area contributed by atoms with Gasteiger partial charge in [0.15, 0.2) is 0 Å². The van der Waals surface area contributed by atoms with Gasteiger partial charge >= 0.3 is 0 Å². The van der Waals surface area contributed by atoms with Crippen molar-refractivity contribution in [3.8, 4) is 0 Å². The van der Waals surface area contributed by atoms with Crippen LogP contribution in [0.1, 0.15) is 31.2 Å². The highest BCUT2D eigenvalue weighted by molar-refractivity contribution is 5.93. The third-order valence-corrected chi connectivity index (χ3v) is 6.44. The number of aliphatic hydroxyl groups excluding tert-OH is 3. The second-order valence-electron chi connectivity index (χ2n) is 8.07. The number of likely N-dealkylation sites (tertiary alicyclic amines) is 2. The molecule has 2 heterocycles. The zero-order chi connectivity index (χ0) is 21.0. The van der Waals surface area contributed by atoms with Crippen LogP contribution in [0.3, 0.4) is 0 Å². The van der Waals surface area contributed by atoms with Gasteiger partial charge in [0.1, 0.15) is 11.6 Å². The Kier molecular flexibility index (Phi) is 6.89. The minimum atomic E-state index is -1.46. The summed E-state index contributed by atoms with van der Waals surface area (Å²) in [6.45, 7) is 0.333. The Morgan fingerprint density at radius 3 is 2.52 bits per heavy atom. The lowest BCUT2D eigenvalue weighted by Gasteiger charge is -2.40. The van der Waals surface area contributed by atoms with Crippen molar-refractivity contribution >= 4 is 11.8 Å². The molecule has 1 aromatic rings. The number of benzene rings is 1. The van der Waals surface area contributed by atoms with E-state index in [2.05, 4.69) is 0 Å². The zero-order valence-corrected chi connectivity index (χ0v) is 16.6. The number of aliphatic hydroxyl groups is 3. The molecule has 0 aromatic heterocycles. The SMILES string of the molecule is NC(=O)[C@]1(CO)CCCN1C(=O)[C@H](O)[C@H](Cc1ccccc1)N1CCCC1CO. The summed E-state index contributed by atoms with van der Waals surface area (Å²) < 4.78 is 0. The number of amides is 2. The molecule has 1 aromatic carbocycles. The average Bonchev–Trinajstić information content (AvgIpc) is 3.39. The van der Waals surface area contributed by atoms with E-state index in [-0.39, 0.29) is 25.6 Å². The summed E-state index contributed by atoms with van der Waals surface area (Å²) in [4.78, 5) is 28.6. The Labute approximate surface area is 170 Å². The molecule has 0 spiro atoms. The van der Waals surface area contributed by atoms with Gasteiger partial charge in [-0.3, -0.25) is 14.5 Å². The maximum atomic E-state index is 13.3. The fraction of sp³-hybridized carbons (Fsp3) is 0.619. The highest BCUT2D eigenvalue weighted by atomic mass is 16.3. The quantitative estimate of drug-likeness (QED) is 0.451. The molecular weight excluding hydrogens is 374 g/mol. The average molecular weight is 405 g/mol. The van der Waals surface area contributed by atoms with E-state index in [1.807, 2.05) is 35.2 Å². The van der Waals surface area contributed by atoms with Gasteiger partial charge < -0.3 is 26.0 Å². The molecule has 3 rings (SSSR count). The van der Waals surface area contributed by atoms with Crippen LogP contribution in [-0.2, 0) is 16.0 Å². The number of hydrogen-bond acceptors (Lipinski definition) is 6. The fourth-order valence-corrected chi connectivity index (χ4v) is 4.78. The first-order valence-corrected chi connectivity index (χ1v) is 10.3. The number of carbonyl (C=O) groups excluding carboxylic acids is 2. The Hall–Kier alpha value is -2.00. The van der Waals surface area contributed by atoms with Crippen LogP contribution in [0.25, 0.3) is 0 Å². The lowest BCUT2D eigenvalue weighted by molar-refractivity contribution is -0.155. The first-order chi connectivity index (χ1) is 13.9. The first kappa shape index (κ1) is 21.7. The predicted molar refractivity (Wildman–Crippen MR) is 107 cm³/mol. The van der Waals surface area contributed by atoms with Gasteiger partial charge in [-0.1, -0.05) is 30.3 Å². The van der Waals surface area contributed by atoms with Crippen LogP contribution in [0, 0.1) is 0 Å². The van der Waals surface area contributed by atoms with Crippen molar-refractivity contribution in [1.82, 2.24) is 9.80 Å². The molecule has 5 N–H and O–H groups in total. The number of carbonyl (C=O) groups is 2. The summed E-state index contributed by atoms with van der Waals surface area (Å²) in [6, 6.07) is 8.91. The van der Waals surface area contributed by atoms with Crippen molar-refractivity contribution in [2.45, 2.75) is 55.8 Å². The van der Waals surface area contributed by atoms with Crippen LogP contribution in [0.15, 0.2) is 30.3 Å². The summed E-state index contributed by atoms with van der Waals surface area (Å²) in [6.07, 6.45) is 1.53. The Morgan fingerprint density at radius 1 is 1.17 bits per heavy atom. The molecule has 29 heavy (non-hydrogen) atoms. The summed E-state index contributed by atoms with van der Waals surface area (Å²) in [7, 11) is 0. The van der Waals surface area contributed by atoms with E-state index < -0.39 is 36.1 Å². The molecule has 8 heteroatoms. The molecule has 0 bridgehead atoms. The molecule has 0 saturated carbocycles. The summed E-state index contributed by atoms with van der Waals surface area (Å²) in [5, 5.41) is 30.7. The third-order valence-electron chi connectivity index (χ3n) is 6.44. The number of rotatable bonds is 8. The summed E-state index contributed by atoms with van der Waals surface area (Å²) in [5.74, 6) is -1.35. The van der Waals surface area contributed by atoms with E-state index in [9.17, 15) is 24.9 Å². The lowest BCUT2D eigenvalue weighted by atomic mass is 9.93. The monoisotopic (exact) mass is 405 g/mol. The predicted octanol–water partition coefficient (Wildman–Crippen LogP) is -0.746. The lowest BCUT2D eigenvalue weighted by Crippen LogP contribution is -2.63. The van der Waals surface area contributed by atoms with Crippen LogP contribution in [-0.4, -0.2) is 87.0 Å². The van der Waals surface area contributed by atoms with Crippen LogP contribution in [0.5, 0.6) is 0 Å². The molecule has 160 valence electrons. The van der Waals surface area contributed by atoms with Gasteiger partial charge in [0, 0.05) is 18.6 Å². The second kappa shape index (κ2) is 9.21. The van der Waals surface area contributed by atoms with Crippen molar-refractivity contribution in [3.05, 3.63) is 35.9 Å². The van der Waals surface area contributed by atoms with Gasteiger partial charge in [-0.15, -0.1) is 0 Å². The van der Waals surface area contributed by atoms with Gasteiger partial charge in [0.25, 0.3) is 5.91 Å². The molecule has 2 amide bonds. The minimum absolute atomic E-state index is 0.0439. The largest absolute Gasteiger partial charge is 0.395 e. The number of nitrogens with two attached hydrogens (primary N) is 1. The molecule has 2 aliphatic heterocycles. The number of primary amides is 1. The minimum Gasteiger partial charge on any atom is -0.395 e. The molecule has 8 nitrogen and oxygen atoms in total. The van der Waals surface area contributed by atoms with Crippen molar-refractivity contribution in [1.29, 1.82) is 0 Å². The Bertz CT molecular complexity index is 716. The molecule has 2 aliphatic rings. The molecule has 0 aliphatic carbocycles. The summed E-state index contributed by atoms with van der Waals surface area (Å²) >= 11 is 0. The van der Waals surface area contributed by atoms with Crippen molar-refractivity contribution < 1.29 is 24.9 Å². The maximum absolute atomic E-state index is 13.3. The summed E-state index contributed by atoms with van der Waals surface area (Å²) in [5.41, 5.74) is 5.03. The highest BCUT2D eigenvalue weighted by Gasteiger charge is 2.51. The fourth-order valence-electron chi connectivity index (χ4n) is 4.78. The van der Waals surface area contributed by atoms with Gasteiger partial charge in [0.2, 0.25) is 5.91 Å². The van der Waals surface area contributed by atoms with Crippen LogP contribution in [0.4, 0.5) is 0 Å². The highest BCUT2D eigenvalue weighted by Crippen LogP contribution is 2.31. The second-order valence-corrected chi connectivity index (χ2v) is 8.07. The topological polar surface area (TPSA) is 127 Å².